The molecule has 0 radical (unpaired) electrons. The van der Waals surface area contributed by atoms with Crippen molar-refractivity contribution in [2.24, 2.45) is 5.73 Å². The molecule has 0 aliphatic rings. The summed E-state index contributed by atoms with van der Waals surface area (Å²) in [5, 5.41) is 0. The molecule has 0 bridgehead atoms. The Kier molecular flexibility index (Phi) is 3.95. The van der Waals surface area contributed by atoms with Crippen LogP contribution in [0.2, 0.25) is 0 Å². The fraction of sp³-hybridized carbons (Fsp3) is 0.267. The van der Waals surface area contributed by atoms with Crippen LogP contribution >= 0.6 is 0 Å². The molecule has 2 rings (SSSR count). The minimum Gasteiger partial charge on any atom is -0.455 e. The van der Waals surface area contributed by atoms with Gasteiger partial charge in [-0.3, -0.25) is 4.98 Å². The number of hydrogen-bond donors (Lipinski definition) is 1. The van der Waals surface area contributed by atoms with Crippen LogP contribution in [0.5, 0.6) is 11.5 Å². The van der Waals surface area contributed by atoms with Gasteiger partial charge in [-0.1, -0.05) is 25.1 Å². The molecule has 0 saturated carbocycles. The number of aryl methyl sites for hydroxylation is 1. The minimum atomic E-state index is -0.00169. The van der Waals surface area contributed by atoms with Crippen molar-refractivity contribution in [3.8, 4) is 11.5 Å². The fourth-order valence-corrected chi connectivity index (χ4v) is 1.80. The highest BCUT2D eigenvalue weighted by Crippen LogP contribution is 2.30. The van der Waals surface area contributed by atoms with Gasteiger partial charge >= 0.3 is 0 Å². The van der Waals surface area contributed by atoms with Crippen molar-refractivity contribution in [3.63, 3.8) is 0 Å². The number of pyridine rings is 1. The number of benzene rings is 1. The zero-order valence-corrected chi connectivity index (χ0v) is 10.8. The summed E-state index contributed by atoms with van der Waals surface area (Å²) in [6, 6.07) is 11.7. The van der Waals surface area contributed by atoms with Crippen molar-refractivity contribution in [2.45, 2.75) is 26.3 Å². The molecule has 1 atom stereocenters. The summed E-state index contributed by atoms with van der Waals surface area (Å²) >= 11 is 0. The Balaban J connectivity index is 2.32. The van der Waals surface area contributed by atoms with Crippen LogP contribution in [0.1, 0.15) is 30.6 Å². The first-order valence-corrected chi connectivity index (χ1v) is 6.16. The molecule has 18 heavy (non-hydrogen) atoms. The Morgan fingerprint density at radius 2 is 1.89 bits per heavy atom. The summed E-state index contributed by atoms with van der Waals surface area (Å²) < 4.78 is 5.92. The van der Waals surface area contributed by atoms with Crippen LogP contribution in [0.15, 0.2) is 42.6 Å². The van der Waals surface area contributed by atoms with Crippen molar-refractivity contribution < 1.29 is 4.74 Å². The maximum Gasteiger partial charge on any atom is 0.148 e. The fourth-order valence-electron chi connectivity index (χ4n) is 1.80. The Morgan fingerprint density at radius 1 is 1.17 bits per heavy atom. The smallest absolute Gasteiger partial charge is 0.148 e. The molecule has 2 aromatic rings. The predicted molar refractivity (Wildman–Crippen MR) is 72.7 cm³/mol. The molecule has 94 valence electrons. The molecule has 2 N–H and O–H groups in total. The van der Waals surface area contributed by atoms with Crippen LogP contribution < -0.4 is 10.5 Å². The van der Waals surface area contributed by atoms with E-state index in [4.69, 9.17) is 10.5 Å². The number of nitrogens with zero attached hydrogens (tertiary/aromatic N) is 1. The zero-order valence-electron chi connectivity index (χ0n) is 10.8. The van der Waals surface area contributed by atoms with E-state index in [-0.39, 0.29) is 6.04 Å². The van der Waals surface area contributed by atoms with E-state index in [0.29, 0.717) is 0 Å². The summed E-state index contributed by atoms with van der Waals surface area (Å²) in [4.78, 5) is 4.21. The SMILES string of the molecule is CCC(N)c1ccccc1Oc1cccnc1C. The number of rotatable bonds is 4. The Hall–Kier alpha value is -1.87. The number of hydrogen-bond acceptors (Lipinski definition) is 3. The Morgan fingerprint density at radius 3 is 2.61 bits per heavy atom. The van der Waals surface area contributed by atoms with Gasteiger partial charge in [-0.05, 0) is 31.5 Å². The van der Waals surface area contributed by atoms with Crippen molar-refractivity contribution in [3.05, 3.63) is 53.9 Å². The van der Waals surface area contributed by atoms with E-state index in [1.807, 2.05) is 43.3 Å². The maximum atomic E-state index is 6.09. The molecule has 1 aromatic heterocycles. The molecular weight excluding hydrogens is 224 g/mol. The second-order valence-electron chi connectivity index (χ2n) is 4.24. The van der Waals surface area contributed by atoms with Crippen LogP contribution in [-0.2, 0) is 0 Å². The molecule has 0 spiro atoms. The molecule has 0 saturated heterocycles. The number of aromatic nitrogens is 1. The third-order valence-electron chi connectivity index (χ3n) is 2.94. The monoisotopic (exact) mass is 242 g/mol. The number of para-hydroxylation sites is 1. The van der Waals surface area contributed by atoms with E-state index in [1.165, 1.54) is 0 Å². The van der Waals surface area contributed by atoms with Crippen LogP contribution in [-0.4, -0.2) is 4.98 Å². The molecular formula is C15H18N2O. The maximum absolute atomic E-state index is 6.09. The van der Waals surface area contributed by atoms with E-state index in [2.05, 4.69) is 11.9 Å². The van der Waals surface area contributed by atoms with Crippen molar-refractivity contribution >= 4 is 0 Å². The molecule has 0 amide bonds. The average Bonchev–Trinajstić information content (AvgIpc) is 2.41. The van der Waals surface area contributed by atoms with Gasteiger partial charge in [-0.2, -0.15) is 0 Å². The standard InChI is InChI=1S/C15H18N2O/c1-3-13(16)12-7-4-5-8-15(12)18-14-9-6-10-17-11(14)2/h4-10,13H,3,16H2,1-2H3. The van der Waals surface area contributed by atoms with Gasteiger partial charge < -0.3 is 10.5 Å². The van der Waals surface area contributed by atoms with Crippen LogP contribution in [0.4, 0.5) is 0 Å². The summed E-state index contributed by atoms with van der Waals surface area (Å²) in [7, 11) is 0. The first-order chi connectivity index (χ1) is 8.72. The number of nitrogens with two attached hydrogens (primary N) is 1. The highest BCUT2D eigenvalue weighted by atomic mass is 16.5. The number of ether oxygens (including phenoxy) is 1. The van der Waals surface area contributed by atoms with Crippen molar-refractivity contribution in [2.75, 3.05) is 0 Å². The summed E-state index contributed by atoms with van der Waals surface area (Å²) in [5.74, 6) is 1.58. The summed E-state index contributed by atoms with van der Waals surface area (Å²) in [5.41, 5.74) is 7.99. The molecule has 1 unspecified atom stereocenters. The Bertz CT molecular complexity index is 525. The molecule has 0 aliphatic heterocycles. The lowest BCUT2D eigenvalue weighted by Crippen LogP contribution is -2.09. The van der Waals surface area contributed by atoms with E-state index >= 15 is 0 Å². The topological polar surface area (TPSA) is 48.1 Å². The van der Waals surface area contributed by atoms with E-state index in [1.54, 1.807) is 6.20 Å². The van der Waals surface area contributed by atoms with Crippen LogP contribution in [0.3, 0.4) is 0 Å². The van der Waals surface area contributed by atoms with E-state index in [9.17, 15) is 0 Å². The lowest BCUT2D eigenvalue weighted by molar-refractivity contribution is 0.462. The van der Waals surface area contributed by atoms with Gasteiger partial charge in [0.15, 0.2) is 0 Å². The third kappa shape index (κ3) is 2.68. The lowest BCUT2D eigenvalue weighted by Gasteiger charge is -2.16. The largest absolute Gasteiger partial charge is 0.455 e. The van der Waals surface area contributed by atoms with E-state index < -0.39 is 0 Å². The first kappa shape index (κ1) is 12.6. The van der Waals surface area contributed by atoms with Gasteiger partial charge in [0.2, 0.25) is 0 Å². The van der Waals surface area contributed by atoms with E-state index in [0.717, 1.165) is 29.2 Å². The second kappa shape index (κ2) is 5.65. The van der Waals surface area contributed by atoms with Gasteiger partial charge in [-0.25, -0.2) is 0 Å². The molecule has 0 aliphatic carbocycles. The van der Waals surface area contributed by atoms with Gasteiger partial charge in [0, 0.05) is 17.8 Å². The third-order valence-corrected chi connectivity index (χ3v) is 2.94. The minimum absolute atomic E-state index is 0.00169. The normalized spacial score (nSPS) is 12.2. The van der Waals surface area contributed by atoms with Gasteiger partial charge in [-0.15, -0.1) is 0 Å². The summed E-state index contributed by atoms with van der Waals surface area (Å²) in [6.07, 6.45) is 2.64. The van der Waals surface area contributed by atoms with Gasteiger partial charge in [0.05, 0.1) is 5.69 Å². The quantitative estimate of drug-likeness (QED) is 0.891. The van der Waals surface area contributed by atoms with Crippen molar-refractivity contribution in [1.29, 1.82) is 0 Å². The summed E-state index contributed by atoms with van der Waals surface area (Å²) in [6.45, 7) is 3.99. The molecule has 0 fully saturated rings. The average molecular weight is 242 g/mol. The van der Waals surface area contributed by atoms with Crippen molar-refractivity contribution in [1.82, 2.24) is 4.98 Å². The highest BCUT2D eigenvalue weighted by molar-refractivity contribution is 5.40. The van der Waals surface area contributed by atoms with Crippen LogP contribution in [0, 0.1) is 6.92 Å². The lowest BCUT2D eigenvalue weighted by atomic mass is 10.0. The Labute approximate surface area is 108 Å². The van der Waals surface area contributed by atoms with Gasteiger partial charge in [0.1, 0.15) is 11.5 Å². The molecule has 3 heteroatoms. The van der Waals surface area contributed by atoms with Crippen LogP contribution in [0.25, 0.3) is 0 Å². The predicted octanol–water partition coefficient (Wildman–Crippen LogP) is 3.59. The second-order valence-corrected chi connectivity index (χ2v) is 4.24. The molecule has 3 nitrogen and oxygen atoms in total. The molecule has 1 aromatic carbocycles. The zero-order chi connectivity index (χ0) is 13.0. The molecule has 1 heterocycles. The van der Waals surface area contributed by atoms with Gasteiger partial charge in [0.25, 0.3) is 0 Å². The first-order valence-electron chi connectivity index (χ1n) is 6.16. The highest BCUT2D eigenvalue weighted by Gasteiger charge is 2.11.